The predicted octanol–water partition coefficient (Wildman–Crippen LogP) is 3.44. The fourth-order valence-electron chi connectivity index (χ4n) is 3.00. The molecule has 0 fully saturated rings. The molecule has 94 valence electrons. The van der Waals surface area contributed by atoms with E-state index in [0.29, 0.717) is 0 Å². The van der Waals surface area contributed by atoms with Crippen molar-refractivity contribution in [3.8, 4) is 0 Å². The Kier molecular flexibility index (Phi) is 2.41. The van der Waals surface area contributed by atoms with E-state index in [1.165, 1.54) is 35.1 Å². The largest absolute Gasteiger partial charge is 0.385 e. The van der Waals surface area contributed by atoms with Gasteiger partial charge in [-0.05, 0) is 54.7 Å². The first-order chi connectivity index (χ1) is 9.40. The van der Waals surface area contributed by atoms with Gasteiger partial charge in [-0.15, -0.1) is 0 Å². The van der Waals surface area contributed by atoms with Gasteiger partial charge in [-0.2, -0.15) is 0 Å². The van der Waals surface area contributed by atoms with Gasteiger partial charge in [0.2, 0.25) is 0 Å². The zero-order valence-corrected chi connectivity index (χ0v) is 10.8. The lowest BCUT2D eigenvalue weighted by Crippen LogP contribution is -2.20. The average molecular weight is 248 g/mol. The first-order valence-electron chi connectivity index (χ1n) is 6.93. The Morgan fingerprint density at radius 2 is 2.05 bits per heavy atom. The molecule has 0 saturated carbocycles. The maximum atomic E-state index is 4.79. The number of nitrogens with zero attached hydrogens (tertiary/aromatic N) is 1. The first-order valence-corrected chi connectivity index (χ1v) is 6.93. The fourth-order valence-corrected chi connectivity index (χ4v) is 3.00. The number of allylic oxidation sites excluding steroid dienone is 2. The molecule has 19 heavy (non-hydrogen) atoms. The van der Waals surface area contributed by atoms with Crippen LogP contribution in [0.4, 0.5) is 0 Å². The van der Waals surface area contributed by atoms with Crippen molar-refractivity contribution in [3.05, 3.63) is 58.9 Å². The molecule has 2 nitrogen and oxygen atoms in total. The normalized spacial score (nSPS) is 17.7. The van der Waals surface area contributed by atoms with Crippen LogP contribution in [0.5, 0.6) is 0 Å². The summed E-state index contributed by atoms with van der Waals surface area (Å²) in [6.45, 7) is 1.09. The van der Waals surface area contributed by atoms with Gasteiger partial charge in [-0.25, -0.2) is 4.98 Å². The van der Waals surface area contributed by atoms with Gasteiger partial charge in [0.25, 0.3) is 0 Å². The number of hydrogen-bond acceptors (Lipinski definition) is 2. The minimum absolute atomic E-state index is 1.03. The number of aromatic nitrogens is 1. The van der Waals surface area contributed by atoms with E-state index in [0.717, 1.165) is 24.2 Å². The summed E-state index contributed by atoms with van der Waals surface area (Å²) in [5.74, 6) is 0. The number of para-hydroxylation sites is 1. The summed E-state index contributed by atoms with van der Waals surface area (Å²) in [4.78, 5) is 4.79. The lowest BCUT2D eigenvalue weighted by molar-refractivity contribution is 0.663. The summed E-state index contributed by atoms with van der Waals surface area (Å²) in [6, 6.07) is 10.7. The van der Waals surface area contributed by atoms with Gasteiger partial charge in [-0.3, -0.25) is 0 Å². The Hall–Kier alpha value is -2.09. The van der Waals surface area contributed by atoms with Crippen LogP contribution in [-0.4, -0.2) is 11.5 Å². The van der Waals surface area contributed by atoms with E-state index in [-0.39, 0.29) is 0 Å². The van der Waals surface area contributed by atoms with Crippen LogP contribution in [0.3, 0.4) is 0 Å². The van der Waals surface area contributed by atoms with Gasteiger partial charge < -0.3 is 5.32 Å². The standard InChI is InChI=1S/C17H16N2/c1-2-6-16-13(4-1)11-14-10-12-5-3-9-18-15(12)7-8-17(14)19-16/h1-2,4,6-8,11,18H,3,5,9-10H2. The van der Waals surface area contributed by atoms with Gasteiger partial charge in [0.05, 0.1) is 11.2 Å². The Bertz CT molecular complexity index is 710. The molecule has 0 atom stereocenters. The monoisotopic (exact) mass is 248 g/mol. The highest BCUT2D eigenvalue weighted by atomic mass is 14.9. The molecular formula is C17H16N2. The van der Waals surface area contributed by atoms with Crippen LogP contribution < -0.4 is 5.32 Å². The fraction of sp³-hybridized carbons (Fsp3) is 0.235. The minimum atomic E-state index is 1.03. The van der Waals surface area contributed by atoms with Crippen molar-refractivity contribution in [2.75, 3.05) is 6.54 Å². The summed E-state index contributed by atoms with van der Waals surface area (Å²) in [7, 11) is 0. The topological polar surface area (TPSA) is 24.9 Å². The lowest BCUT2D eigenvalue weighted by atomic mass is 9.97. The van der Waals surface area contributed by atoms with Crippen LogP contribution in [0.25, 0.3) is 17.0 Å². The molecule has 4 rings (SSSR count). The summed E-state index contributed by atoms with van der Waals surface area (Å²) in [6.07, 6.45) is 7.83. The van der Waals surface area contributed by atoms with Crippen molar-refractivity contribution in [1.29, 1.82) is 0 Å². The molecule has 0 amide bonds. The second-order valence-electron chi connectivity index (χ2n) is 5.28. The Labute approximate surface area is 112 Å². The number of rotatable bonds is 0. The third-order valence-corrected chi connectivity index (χ3v) is 4.00. The van der Waals surface area contributed by atoms with Crippen LogP contribution in [0, 0.1) is 0 Å². The number of pyridine rings is 1. The molecule has 2 aromatic rings. The third kappa shape index (κ3) is 1.84. The number of fused-ring (bicyclic) bond motifs is 2. The Morgan fingerprint density at radius 1 is 1.11 bits per heavy atom. The lowest BCUT2D eigenvalue weighted by Gasteiger charge is -2.19. The molecule has 0 spiro atoms. The van der Waals surface area contributed by atoms with Crippen molar-refractivity contribution in [3.63, 3.8) is 0 Å². The second-order valence-corrected chi connectivity index (χ2v) is 5.28. The van der Waals surface area contributed by atoms with Gasteiger partial charge in [0.15, 0.2) is 0 Å². The van der Waals surface area contributed by atoms with Crippen molar-refractivity contribution in [2.45, 2.75) is 19.3 Å². The average Bonchev–Trinajstić information content (AvgIpc) is 2.63. The molecule has 1 aromatic carbocycles. The molecule has 0 radical (unpaired) electrons. The summed E-state index contributed by atoms with van der Waals surface area (Å²) >= 11 is 0. The van der Waals surface area contributed by atoms with Crippen LogP contribution in [0.1, 0.15) is 24.1 Å². The van der Waals surface area contributed by atoms with E-state index >= 15 is 0 Å². The quantitative estimate of drug-likeness (QED) is 0.772. The summed E-state index contributed by atoms with van der Waals surface area (Å²) in [5, 5.41) is 4.74. The zero-order chi connectivity index (χ0) is 12.7. The summed E-state index contributed by atoms with van der Waals surface area (Å²) in [5.41, 5.74) is 6.39. The number of benzene rings is 1. The smallest absolute Gasteiger partial charge is 0.0709 e. The van der Waals surface area contributed by atoms with E-state index in [9.17, 15) is 0 Å². The van der Waals surface area contributed by atoms with Crippen LogP contribution in [0.2, 0.25) is 0 Å². The van der Waals surface area contributed by atoms with E-state index in [1.807, 2.05) is 6.07 Å². The highest BCUT2D eigenvalue weighted by Gasteiger charge is 2.16. The zero-order valence-electron chi connectivity index (χ0n) is 10.8. The third-order valence-electron chi connectivity index (χ3n) is 4.00. The molecule has 0 saturated heterocycles. The number of hydrogen-bond donors (Lipinski definition) is 1. The second kappa shape index (κ2) is 4.23. The molecule has 2 heteroatoms. The van der Waals surface area contributed by atoms with Gasteiger partial charge in [0.1, 0.15) is 0 Å². The summed E-state index contributed by atoms with van der Waals surface area (Å²) < 4.78 is 0. The van der Waals surface area contributed by atoms with E-state index < -0.39 is 0 Å². The Balaban J connectivity index is 1.88. The number of nitrogens with one attached hydrogen (secondary N) is 1. The first kappa shape index (κ1) is 10.8. The van der Waals surface area contributed by atoms with Crippen LogP contribution in [-0.2, 0) is 6.42 Å². The molecule has 1 aliphatic carbocycles. The highest BCUT2D eigenvalue weighted by molar-refractivity contribution is 5.81. The van der Waals surface area contributed by atoms with Crippen molar-refractivity contribution < 1.29 is 0 Å². The van der Waals surface area contributed by atoms with E-state index in [4.69, 9.17) is 4.98 Å². The molecule has 0 bridgehead atoms. The highest BCUT2D eigenvalue weighted by Crippen LogP contribution is 2.28. The van der Waals surface area contributed by atoms with Gasteiger partial charge in [0, 0.05) is 17.6 Å². The molecule has 2 aliphatic rings. The molecule has 0 unspecified atom stereocenters. The molecule has 2 heterocycles. The van der Waals surface area contributed by atoms with Crippen LogP contribution in [0.15, 0.2) is 47.7 Å². The SMILES string of the molecule is C1=Cc2nc3ccccc3cc2CC2=C1NCCC2. The van der Waals surface area contributed by atoms with Crippen molar-refractivity contribution in [2.24, 2.45) is 0 Å². The molecule has 1 aromatic heterocycles. The maximum absolute atomic E-state index is 4.79. The van der Waals surface area contributed by atoms with Crippen molar-refractivity contribution >= 4 is 17.0 Å². The van der Waals surface area contributed by atoms with Crippen LogP contribution >= 0.6 is 0 Å². The maximum Gasteiger partial charge on any atom is 0.0709 e. The predicted molar refractivity (Wildman–Crippen MR) is 78.7 cm³/mol. The van der Waals surface area contributed by atoms with E-state index in [2.05, 4.69) is 41.7 Å². The molecule has 1 aliphatic heterocycles. The molecular weight excluding hydrogens is 232 g/mol. The Morgan fingerprint density at radius 3 is 3.05 bits per heavy atom. The van der Waals surface area contributed by atoms with Gasteiger partial charge >= 0.3 is 0 Å². The van der Waals surface area contributed by atoms with E-state index in [1.54, 1.807) is 0 Å². The minimum Gasteiger partial charge on any atom is -0.385 e. The van der Waals surface area contributed by atoms with Crippen molar-refractivity contribution in [1.82, 2.24) is 10.3 Å². The molecule has 1 N–H and O–H groups in total. The van der Waals surface area contributed by atoms with Gasteiger partial charge in [-0.1, -0.05) is 18.2 Å².